The molecule has 7 heteroatoms. The molecule has 0 fully saturated rings. The van der Waals surface area contributed by atoms with Gasteiger partial charge in [-0.15, -0.1) is 15.0 Å². The summed E-state index contributed by atoms with van der Waals surface area (Å²) in [5.41, 5.74) is 3.80. The lowest BCUT2D eigenvalue weighted by atomic mass is 9.71. The summed E-state index contributed by atoms with van der Waals surface area (Å²) >= 11 is 0. The van der Waals surface area contributed by atoms with E-state index in [4.69, 9.17) is 0 Å². The van der Waals surface area contributed by atoms with Gasteiger partial charge in [0.05, 0.1) is 17.2 Å². The summed E-state index contributed by atoms with van der Waals surface area (Å²) in [7, 11) is 0. The van der Waals surface area contributed by atoms with Crippen molar-refractivity contribution in [2.75, 3.05) is 0 Å². The van der Waals surface area contributed by atoms with Crippen LogP contribution in [0.4, 0.5) is 0 Å². The van der Waals surface area contributed by atoms with Gasteiger partial charge in [0.25, 0.3) is 11.8 Å². The van der Waals surface area contributed by atoms with Gasteiger partial charge in [0, 0.05) is 5.56 Å². The quantitative estimate of drug-likeness (QED) is 0.333. The van der Waals surface area contributed by atoms with Crippen LogP contribution < -0.4 is 0 Å². The van der Waals surface area contributed by atoms with Crippen LogP contribution in [0, 0.1) is 5.41 Å². The van der Waals surface area contributed by atoms with Crippen molar-refractivity contribution in [3.05, 3.63) is 82.9 Å². The van der Waals surface area contributed by atoms with Gasteiger partial charge in [-0.3, -0.25) is 14.5 Å². The van der Waals surface area contributed by atoms with E-state index in [2.05, 4.69) is 44.8 Å². The van der Waals surface area contributed by atoms with E-state index < -0.39 is 6.04 Å². The third-order valence-corrected chi connectivity index (χ3v) is 7.04. The monoisotopic (exact) mass is 496 g/mol. The number of hydrogen-bond donors (Lipinski definition) is 1. The van der Waals surface area contributed by atoms with Crippen LogP contribution in [0.3, 0.4) is 0 Å². The molecule has 0 aliphatic carbocycles. The van der Waals surface area contributed by atoms with E-state index >= 15 is 0 Å². The average Bonchev–Trinajstić information content (AvgIpc) is 3.36. The van der Waals surface area contributed by atoms with Crippen molar-refractivity contribution in [1.82, 2.24) is 19.9 Å². The summed E-state index contributed by atoms with van der Waals surface area (Å²) in [5, 5.41) is 20.8. The fraction of sp³-hybridized carbons (Fsp3) is 0.333. The normalized spacial score (nSPS) is 14.9. The highest BCUT2D eigenvalue weighted by molar-refractivity contribution is 6.21. The number of benzene rings is 3. The first-order valence-electron chi connectivity index (χ1n) is 12.5. The van der Waals surface area contributed by atoms with Gasteiger partial charge in [-0.1, -0.05) is 58.9 Å². The molecule has 0 spiro atoms. The summed E-state index contributed by atoms with van der Waals surface area (Å²) < 4.78 is 0. The lowest BCUT2D eigenvalue weighted by Gasteiger charge is -2.34. The molecule has 1 unspecified atom stereocenters. The zero-order valence-corrected chi connectivity index (χ0v) is 22.1. The Balaban J connectivity index is 1.68. The Morgan fingerprint density at radius 2 is 1.35 bits per heavy atom. The summed E-state index contributed by atoms with van der Waals surface area (Å²) in [6.45, 7) is 12.7. The van der Waals surface area contributed by atoms with Crippen LogP contribution in [0.2, 0.25) is 0 Å². The van der Waals surface area contributed by atoms with E-state index in [1.54, 1.807) is 31.2 Å². The molecule has 37 heavy (non-hydrogen) atoms. The predicted molar refractivity (Wildman–Crippen MR) is 143 cm³/mol. The number of rotatable bonds is 5. The third kappa shape index (κ3) is 4.28. The summed E-state index contributed by atoms with van der Waals surface area (Å²) in [6, 6.07) is 17.5. The second kappa shape index (κ2) is 8.54. The third-order valence-electron chi connectivity index (χ3n) is 7.04. The maximum Gasteiger partial charge on any atom is 0.262 e. The van der Waals surface area contributed by atoms with E-state index in [1.165, 1.54) is 9.70 Å². The standard InChI is InChI=1S/C30H32N4O3/c1-18(33-27(36)20-11-7-8-12-21(20)28(33)37)22-15-19(30(5,6)17-29(2,3)4)16-25(26(22)35)34-31-23-13-9-10-14-24(23)32-34/h7-16,18,35H,17H2,1-6H3. The highest BCUT2D eigenvalue weighted by Crippen LogP contribution is 2.43. The number of carbonyl (C=O) groups excluding carboxylic acids is 2. The van der Waals surface area contributed by atoms with Gasteiger partial charge in [-0.25, -0.2) is 0 Å². The minimum Gasteiger partial charge on any atom is -0.505 e. The summed E-state index contributed by atoms with van der Waals surface area (Å²) in [4.78, 5) is 29.2. The average molecular weight is 497 g/mol. The molecule has 0 saturated carbocycles. The number of phenols is 1. The van der Waals surface area contributed by atoms with Gasteiger partial charge in [0.1, 0.15) is 22.5 Å². The van der Waals surface area contributed by atoms with Gasteiger partial charge in [0.2, 0.25) is 0 Å². The Morgan fingerprint density at radius 1 is 0.838 bits per heavy atom. The molecule has 190 valence electrons. The lowest BCUT2D eigenvalue weighted by molar-refractivity contribution is 0.0594. The number of amides is 2. The van der Waals surface area contributed by atoms with Crippen molar-refractivity contribution in [3.63, 3.8) is 0 Å². The molecule has 2 heterocycles. The van der Waals surface area contributed by atoms with Crippen LogP contribution in [-0.2, 0) is 5.41 Å². The molecule has 1 aromatic heterocycles. The topological polar surface area (TPSA) is 88.3 Å². The van der Waals surface area contributed by atoms with Crippen LogP contribution in [-0.4, -0.2) is 36.8 Å². The molecular formula is C30H32N4O3. The molecule has 0 saturated heterocycles. The van der Waals surface area contributed by atoms with Gasteiger partial charge < -0.3 is 5.11 Å². The van der Waals surface area contributed by atoms with Crippen LogP contribution in [0.1, 0.15) is 85.8 Å². The summed E-state index contributed by atoms with van der Waals surface area (Å²) in [5.74, 6) is -0.785. The molecule has 5 rings (SSSR count). The second-order valence-corrected chi connectivity index (χ2v) is 11.7. The molecule has 0 radical (unpaired) electrons. The van der Waals surface area contributed by atoms with Crippen molar-refractivity contribution in [3.8, 4) is 11.4 Å². The maximum atomic E-state index is 13.3. The van der Waals surface area contributed by atoms with E-state index in [-0.39, 0.29) is 28.4 Å². The molecule has 1 atom stereocenters. The molecule has 0 bridgehead atoms. The molecule has 1 aliphatic rings. The molecule has 4 aromatic rings. The molecular weight excluding hydrogens is 464 g/mol. The first-order valence-corrected chi connectivity index (χ1v) is 12.5. The van der Waals surface area contributed by atoms with Gasteiger partial charge in [0.15, 0.2) is 0 Å². The molecule has 3 aromatic carbocycles. The predicted octanol–water partition coefficient (Wildman–Crippen LogP) is 6.20. The van der Waals surface area contributed by atoms with Crippen molar-refractivity contribution in [2.45, 2.75) is 59.4 Å². The Morgan fingerprint density at radius 3 is 1.86 bits per heavy atom. The Labute approximate surface area is 216 Å². The number of nitrogens with zero attached hydrogens (tertiary/aromatic N) is 4. The molecule has 1 aliphatic heterocycles. The Bertz CT molecular complexity index is 1480. The van der Waals surface area contributed by atoms with Gasteiger partial charge in [-0.05, 0) is 66.1 Å². The van der Waals surface area contributed by atoms with Crippen molar-refractivity contribution in [2.24, 2.45) is 5.41 Å². The van der Waals surface area contributed by atoms with E-state index in [0.29, 0.717) is 33.4 Å². The Kier molecular flexibility index (Phi) is 5.70. The minimum atomic E-state index is -0.707. The Hall–Kier alpha value is -4.00. The number of carbonyl (C=O) groups is 2. The highest BCUT2D eigenvalue weighted by atomic mass is 16.3. The van der Waals surface area contributed by atoms with Crippen molar-refractivity contribution in [1.29, 1.82) is 0 Å². The van der Waals surface area contributed by atoms with E-state index in [0.717, 1.165) is 12.0 Å². The smallest absolute Gasteiger partial charge is 0.262 e. The molecule has 7 nitrogen and oxygen atoms in total. The number of fused-ring (bicyclic) bond motifs is 2. The number of imide groups is 1. The van der Waals surface area contributed by atoms with Crippen LogP contribution in [0.15, 0.2) is 60.7 Å². The number of hydrogen-bond acceptors (Lipinski definition) is 5. The molecule has 2 amide bonds. The highest BCUT2D eigenvalue weighted by Gasteiger charge is 2.40. The van der Waals surface area contributed by atoms with Crippen molar-refractivity contribution < 1.29 is 14.7 Å². The maximum absolute atomic E-state index is 13.3. The first kappa shape index (κ1) is 24.7. The largest absolute Gasteiger partial charge is 0.505 e. The van der Waals surface area contributed by atoms with Crippen LogP contribution in [0.5, 0.6) is 5.75 Å². The van der Waals surface area contributed by atoms with E-state index in [1.807, 2.05) is 36.4 Å². The first-order chi connectivity index (χ1) is 17.4. The van der Waals surface area contributed by atoms with Gasteiger partial charge >= 0.3 is 0 Å². The lowest BCUT2D eigenvalue weighted by Crippen LogP contribution is -2.33. The zero-order valence-electron chi connectivity index (χ0n) is 22.1. The van der Waals surface area contributed by atoms with Crippen molar-refractivity contribution >= 4 is 22.8 Å². The minimum absolute atomic E-state index is 0.0501. The summed E-state index contributed by atoms with van der Waals surface area (Å²) in [6.07, 6.45) is 0.875. The number of phenolic OH excluding ortho intramolecular Hbond substituents is 1. The van der Waals surface area contributed by atoms with E-state index in [9.17, 15) is 14.7 Å². The zero-order chi connectivity index (χ0) is 26.7. The molecule has 1 N–H and O–H groups in total. The number of aromatic hydroxyl groups is 1. The van der Waals surface area contributed by atoms with Crippen LogP contribution >= 0.6 is 0 Å². The fourth-order valence-corrected chi connectivity index (χ4v) is 5.60. The van der Waals surface area contributed by atoms with Gasteiger partial charge in [-0.2, -0.15) is 0 Å². The fourth-order valence-electron chi connectivity index (χ4n) is 5.60. The number of aromatic nitrogens is 3. The SMILES string of the molecule is CC(c1cc(C(C)(C)CC(C)(C)C)cc(-n2nc3ccccc3n2)c1O)N1C(=O)c2ccccc2C1=O. The van der Waals surface area contributed by atoms with Crippen LogP contribution in [0.25, 0.3) is 16.7 Å². The second-order valence-electron chi connectivity index (χ2n) is 11.7.